The highest BCUT2D eigenvalue weighted by atomic mass is 16.3. The van der Waals surface area contributed by atoms with Gasteiger partial charge in [0.2, 0.25) is 0 Å². The van der Waals surface area contributed by atoms with Gasteiger partial charge in [0, 0.05) is 19.2 Å². The molecule has 6 nitrogen and oxygen atoms in total. The van der Waals surface area contributed by atoms with Gasteiger partial charge in [-0.1, -0.05) is 37.3 Å². The maximum absolute atomic E-state index is 9.63. The minimum absolute atomic E-state index is 0.171. The van der Waals surface area contributed by atoms with E-state index in [-0.39, 0.29) is 12.6 Å². The number of hydrogen-bond acceptors (Lipinski definition) is 6. The molecule has 1 aromatic carbocycles. The lowest BCUT2D eigenvalue weighted by Crippen LogP contribution is -2.39. The summed E-state index contributed by atoms with van der Waals surface area (Å²) in [4.78, 5) is 13.7. The molecule has 2 N–H and O–H groups in total. The molecule has 0 aliphatic carbocycles. The summed E-state index contributed by atoms with van der Waals surface area (Å²) in [6.45, 7) is 6.58. The maximum Gasteiger partial charge on any atom is 0.134 e. The summed E-state index contributed by atoms with van der Waals surface area (Å²) in [5, 5.41) is 13.2. The molecule has 3 heterocycles. The van der Waals surface area contributed by atoms with Gasteiger partial charge in [-0.3, -0.25) is 4.90 Å². The molecule has 156 valence electrons. The lowest BCUT2D eigenvalue weighted by Gasteiger charge is -2.37. The van der Waals surface area contributed by atoms with E-state index in [1.165, 1.54) is 18.4 Å². The van der Waals surface area contributed by atoms with Gasteiger partial charge >= 0.3 is 0 Å². The summed E-state index contributed by atoms with van der Waals surface area (Å²) in [6, 6.07) is 13.3. The highest BCUT2D eigenvalue weighted by Gasteiger charge is 2.26. The molecule has 2 aliphatic heterocycles. The molecule has 2 fully saturated rings. The SMILES string of the molecule is CC1CCN(C(CNc2cc(N3CCCC3CO)ncn2)c2ccccc2)CC1. The van der Waals surface area contributed by atoms with Crippen molar-refractivity contribution in [3.05, 3.63) is 48.3 Å². The van der Waals surface area contributed by atoms with Crippen molar-refractivity contribution in [3.63, 3.8) is 0 Å². The molecule has 0 spiro atoms. The van der Waals surface area contributed by atoms with Crippen LogP contribution in [0.3, 0.4) is 0 Å². The number of rotatable bonds is 7. The van der Waals surface area contributed by atoms with E-state index in [9.17, 15) is 5.11 Å². The third-order valence-electron chi connectivity index (χ3n) is 6.45. The minimum Gasteiger partial charge on any atom is -0.394 e. The van der Waals surface area contributed by atoms with Crippen LogP contribution in [0, 0.1) is 5.92 Å². The molecule has 0 bridgehead atoms. The molecule has 2 saturated heterocycles. The van der Waals surface area contributed by atoms with Crippen LogP contribution >= 0.6 is 0 Å². The number of benzene rings is 1. The van der Waals surface area contributed by atoms with Gasteiger partial charge in [0.25, 0.3) is 0 Å². The number of piperidine rings is 1. The average molecular weight is 396 g/mol. The van der Waals surface area contributed by atoms with E-state index in [4.69, 9.17) is 0 Å². The van der Waals surface area contributed by atoms with Gasteiger partial charge in [0.1, 0.15) is 18.0 Å². The minimum atomic E-state index is 0.171. The summed E-state index contributed by atoms with van der Waals surface area (Å²) >= 11 is 0. The second-order valence-corrected chi connectivity index (χ2v) is 8.46. The van der Waals surface area contributed by atoms with E-state index in [1.807, 2.05) is 6.07 Å². The summed E-state index contributed by atoms with van der Waals surface area (Å²) in [6.07, 6.45) is 6.27. The number of nitrogens with zero attached hydrogens (tertiary/aromatic N) is 4. The Balaban J connectivity index is 1.47. The van der Waals surface area contributed by atoms with Crippen molar-refractivity contribution in [2.24, 2.45) is 5.92 Å². The van der Waals surface area contributed by atoms with Gasteiger partial charge in [0.15, 0.2) is 0 Å². The van der Waals surface area contributed by atoms with Crippen molar-refractivity contribution in [1.82, 2.24) is 14.9 Å². The smallest absolute Gasteiger partial charge is 0.134 e. The first-order valence-electron chi connectivity index (χ1n) is 11.0. The van der Waals surface area contributed by atoms with Crippen LogP contribution in [0.2, 0.25) is 0 Å². The Hall–Kier alpha value is -2.18. The molecule has 0 radical (unpaired) electrons. The van der Waals surface area contributed by atoms with Crippen molar-refractivity contribution in [2.45, 2.75) is 44.7 Å². The van der Waals surface area contributed by atoms with Crippen molar-refractivity contribution in [1.29, 1.82) is 0 Å². The molecule has 0 saturated carbocycles. The molecule has 29 heavy (non-hydrogen) atoms. The highest BCUT2D eigenvalue weighted by Crippen LogP contribution is 2.28. The Morgan fingerprint density at radius 2 is 1.90 bits per heavy atom. The molecule has 2 atom stereocenters. The zero-order valence-electron chi connectivity index (χ0n) is 17.4. The largest absolute Gasteiger partial charge is 0.394 e. The van der Waals surface area contributed by atoms with E-state index in [2.05, 4.69) is 62.3 Å². The average Bonchev–Trinajstić information content (AvgIpc) is 3.25. The number of aliphatic hydroxyl groups excluding tert-OH is 1. The third kappa shape index (κ3) is 4.87. The molecule has 2 aliphatic rings. The molecule has 1 aromatic heterocycles. The fourth-order valence-corrected chi connectivity index (χ4v) is 4.60. The van der Waals surface area contributed by atoms with Gasteiger partial charge in [0.05, 0.1) is 18.7 Å². The lowest BCUT2D eigenvalue weighted by atomic mass is 9.95. The second-order valence-electron chi connectivity index (χ2n) is 8.46. The van der Waals surface area contributed by atoms with E-state index < -0.39 is 0 Å². The van der Waals surface area contributed by atoms with Gasteiger partial charge in [-0.05, 0) is 50.3 Å². The van der Waals surface area contributed by atoms with Crippen molar-refractivity contribution >= 4 is 11.6 Å². The number of aromatic nitrogens is 2. The third-order valence-corrected chi connectivity index (χ3v) is 6.45. The van der Waals surface area contributed by atoms with E-state index in [0.717, 1.165) is 56.6 Å². The van der Waals surface area contributed by atoms with Crippen LogP contribution in [0.1, 0.15) is 44.2 Å². The molecule has 6 heteroatoms. The summed E-state index contributed by atoms with van der Waals surface area (Å²) in [5.74, 6) is 2.58. The highest BCUT2D eigenvalue weighted by molar-refractivity contribution is 5.50. The maximum atomic E-state index is 9.63. The Morgan fingerprint density at radius 1 is 1.10 bits per heavy atom. The first kappa shape index (κ1) is 20.1. The van der Waals surface area contributed by atoms with Crippen LogP contribution < -0.4 is 10.2 Å². The molecule has 0 amide bonds. The van der Waals surface area contributed by atoms with Crippen LogP contribution in [-0.4, -0.2) is 58.8 Å². The van der Waals surface area contributed by atoms with Gasteiger partial charge in [-0.15, -0.1) is 0 Å². The Kier molecular flexibility index (Phi) is 6.62. The standard InChI is InChI=1S/C23H33N5O/c1-18-9-12-27(13-10-18)21(19-6-3-2-4-7-19)15-24-22-14-23(26-17-25-22)28-11-5-8-20(28)16-29/h2-4,6-7,14,17-18,20-21,29H,5,8-13,15-16H2,1H3,(H,24,25,26). The van der Waals surface area contributed by atoms with Crippen LogP contribution in [0.25, 0.3) is 0 Å². The Labute approximate surface area is 174 Å². The topological polar surface area (TPSA) is 64.5 Å². The predicted octanol–water partition coefficient (Wildman–Crippen LogP) is 3.32. The fraction of sp³-hybridized carbons (Fsp3) is 0.565. The van der Waals surface area contributed by atoms with Crippen LogP contribution in [0.5, 0.6) is 0 Å². The zero-order valence-corrected chi connectivity index (χ0v) is 17.4. The predicted molar refractivity (Wildman–Crippen MR) is 117 cm³/mol. The monoisotopic (exact) mass is 395 g/mol. The first-order chi connectivity index (χ1) is 14.2. The van der Waals surface area contributed by atoms with Crippen LogP contribution in [0.4, 0.5) is 11.6 Å². The zero-order chi connectivity index (χ0) is 20.1. The summed E-state index contributed by atoms with van der Waals surface area (Å²) in [5.41, 5.74) is 1.35. The molecular formula is C23H33N5O. The van der Waals surface area contributed by atoms with Crippen molar-refractivity contribution in [3.8, 4) is 0 Å². The number of nitrogens with one attached hydrogen (secondary N) is 1. The van der Waals surface area contributed by atoms with E-state index in [0.29, 0.717) is 6.04 Å². The molecular weight excluding hydrogens is 362 g/mol. The van der Waals surface area contributed by atoms with Gasteiger partial charge < -0.3 is 15.3 Å². The number of aliphatic hydroxyl groups is 1. The summed E-state index contributed by atoms with van der Waals surface area (Å²) < 4.78 is 0. The molecule has 2 aromatic rings. The van der Waals surface area contributed by atoms with Crippen LogP contribution in [-0.2, 0) is 0 Å². The van der Waals surface area contributed by atoms with E-state index >= 15 is 0 Å². The van der Waals surface area contributed by atoms with Crippen molar-refractivity contribution in [2.75, 3.05) is 43.0 Å². The normalized spacial score (nSPS) is 22.0. The fourth-order valence-electron chi connectivity index (χ4n) is 4.60. The lowest BCUT2D eigenvalue weighted by molar-refractivity contribution is 0.143. The molecule has 4 rings (SSSR count). The number of anilines is 2. The second kappa shape index (κ2) is 9.55. The number of likely N-dealkylation sites (tertiary alicyclic amines) is 1. The van der Waals surface area contributed by atoms with Gasteiger partial charge in [-0.2, -0.15) is 0 Å². The molecule has 2 unspecified atom stereocenters. The number of hydrogen-bond donors (Lipinski definition) is 2. The van der Waals surface area contributed by atoms with Crippen molar-refractivity contribution < 1.29 is 5.11 Å². The Morgan fingerprint density at radius 3 is 2.66 bits per heavy atom. The van der Waals surface area contributed by atoms with E-state index in [1.54, 1.807) is 6.33 Å². The Bertz CT molecular complexity index is 763. The quantitative estimate of drug-likeness (QED) is 0.750. The van der Waals surface area contributed by atoms with Crippen LogP contribution in [0.15, 0.2) is 42.7 Å². The summed E-state index contributed by atoms with van der Waals surface area (Å²) in [7, 11) is 0. The van der Waals surface area contributed by atoms with Gasteiger partial charge in [-0.25, -0.2) is 9.97 Å². The first-order valence-corrected chi connectivity index (χ1v) is 11.0.